The Kier molecular flexibility index (Phi) is 5.01. The van der Waals surface area contributed by atoms with E-state index in [4.69, 9.17) is 23.2 Å². The van der Waals surface area contributed by atoms with Crippen LogP contribution in [0.1, 0.15) is 10.6 Å². The van der Waals surface area contributed by atoms with E-state index in [2.05, 4.69) is 15.0 Å². The second-order valence-electron chi connectivity index (χ2n) is 3.86. The summed E-state index contributed by atoms with van der Waals surface area (Å²) in [5.74, 6) is -0.220. The van der Waals surface area contributed by atoms with Crippen molar-refractivity contribution in [2.75, 3.05) is 5.32 Å². The number of nitrogens with one attached hydrogen (secondary N) is 1. The highest BCUT2D eigenvalue weighted by Gasteiger charge is 2.14. The number of hydrogen-bond acceptors (Lipinski definition) is 4. The minimum Gasteiger partial charge on any atom is -0.432 e. The lowest BCUT2D eigenvalue weighted by atomic mass is 10.3. The van der Waals surface area contributed by atoms with Crippen molar-refractivity contribution in [3.05, 3.63) is 38.3 Å². The molecule has 0 amide bonds. The number of rotatable bonds is 5. The molecular weight excluding hydrogens is 329 g/mol. The van der Waals surface area contributed by atoms with E-state index >= 15 is 0 Å². The van der Waals surface area contributed by atoms with E-state index in [0.29, 0.717) is 12.2 Å². The third kappa shape index (κ3) is 3.71. The molecule has 0 spiro atoms. The quantitative estimate of drug-likeness (QED) is 0.835. The lowest BCUT2D eigenvalue weighted by Gasteiger charge is -2.12. The molecule has 108 valence electrons. The van der Waals surface area contributed by atoms with Crippen LogP contribution in [0.15, 0.2) is 17.6 Å². The van der Waals surface area contributed by atoms with Crippen molar-refractivity contribution in [3.8, 4) is 5.75 Å². The van der Waals surface area contributed by atoms with Gasteiger partial charge in [-0.15, -0.1) is 11.3 Å². The van der Waals surface area contributed by atoms with Crippen LogP contribution in [-0.4, -0.2) is 11.6 Å². The third-order valence-electron chi connectivity index (χ3n) is 2.50. The second-order valence-corrected chi connectivity index (χ2v) is 5.62. The maximum absolute atomic E-state index is 12.2. The van der Waals surface area contributed by atoms with Gasteiger partial charge in [0.2, 0.25) is 0 Å². The molecule has 1 heterocycles. The number of aryl methyl sites for hydroxylation is 1. The van der Waals surface area contributed by atoms with Crippen LogP contribution in [0.3, 0.4) is 0 Å². The van der Waals surface area contributed by atoms with E-state index in [-0.39, 0.29) is 15.8 Å². The average molecular weight is 339 g/mol. The first-order valence-corrected chi connectivity index (χ1v) is 7.17. The smallest absolute Gasteiger partial charge is 0.387 e. The van der Waals surface area contributed by atoms with Gasteiger partial charge in [0.15, 0.2) is 5.75 Å². The standard InChI is InChI=1S/C12H10Cl2F2N2OS/c1-6-10(20-5-18-6)4-17-7-2-8(13)11(9(14)3-7)19-12(15)16/h2-3,5,12,17H,4H2,1H3. The van der Waals surface area contributed by atoms with Gasteiger partial charge in [-0.2, -0.15) is 8.78 Å². The molecule has 8 heteroatoms. The summed E-state index contributed by atoms with van der Waals surface area (Å²) in [5.41, 5.74) is 3.32. The van der Waals surface area contributed by atoms with Crippen molar-refractivity contribution < 1.29 is 13.5 Å². The molecule has 1 aromatic heterocycles. The highest BCUT2D eigenvalue weighted by Crippen LogP contribution is 2.37. The predicted molar refractivity (Wildman–Crippen MR) is 77.3 cm³/mol. The highest BCUT2D eigenvalue weighted by atomic mass is 35.5. The average Bonchev–Trinajstić information content (AvgIpc) is 2.77. The number of halogens is 4. The third-order valence-corrected chi connectivity index (χ3v) is 4.00. The number of hydrogen-bond donors (Lipinski definition) is 1. The number of alkyl halides is 2. The Balaban J connectivity index is 2.12. The summed E-state index contributed by atoms with van der Waals surface area (Å²) >= 11 is 13.3. The molecule has 0 saturated heterocycles. The second kappa shape index (κ2) is 6.56. The van der Waals surface area contributed by atoms with Gasteiger partial charge in [0.05, 0.1) is 27.8 Å². The Morgan fingerprint density at radius 1 is 1.35 bits per heavy atom. The van der Waals surface area contributed by atoms with Crippen molar-refractivity contribution in [2.45, 2.75) is 20.1 Å². The fourth-order valence-electron chi connectivity index (χ4n) is 1.54. The van der Waals surface area contributed by atoms with Crippen LogP contribution in [-0.2, 0) is 6.54 Å². The monoisotopic (exact) mass is 338 g/mol. The first kappa shape index (κ1) is 15.3. The van der Waals surface area contributed by atoms with Crippen molar-refractivity contribution >= 4 is 40.2 Å². The molecule has 0 saturated carbocycles. The van der Waals surface area contributed by atoms with Gasteiger partial charge < -0.3 is 10.1 Å². The van der Waals surface area contributed by atoms with Crippen LogP contribution >= 0.6 is 34.5 Å². The maximum Gasteiger partial charge on any atom is 0.387 e. The molecule has 0 aliphatic rings. The number of aromatic nitrogens is 1. The molecule has 0 bridgehead atoms. The van der Waals surface area contributed by atoms with Gasteiger partial charge >= 0.3 is 6.61 Å². The van der Waals surface area contributed by atoms with E-state index in [1.165, 1.54) is 23.5 Å². The molecule has 20 heavy (non-hydrogen) atoms. The summed E-state index contributed by atoms with van der Waals surface area (Å²) in [4.78, 5) is 5.21. The Labute approximate surface area is 128 Å². The van der Waals surface area contributed by atoms with E-state index in [9.17, 15) is 8.78 Å². The van der Waals surface area contributed by atoms with Gasteiger partial charge in [-0.05, 0) is 19.1 Å². The Hall–Kier alpha value is -1.11. The van der Waals surface area contributed by atoms with Crippen LogP contribution in [0.5, 0.6) is 5.75 Å². The number of benzene rings is 1. The van der Waals surface area contributed by atoms with Gasteiger partial charge in [0.1, 0.15) is 0 Å². The van der Waals surface area contributed by atoms with E-state index in [0.717, 1.165) is 10.6 Å². The van der Waals surface area contributed by atoms with Gasteiger partial charge in [-0.25, -0.2) is 4.98 Å². The van der Waals surface area contributed by atoms with Crippen molar-refractivity contribution in [2.24, 2.45) is 0 Å². The number of nitrogens with zero attached hydrogens (tertiary/aromatic N) is 1. The lowest BCUT2D eigenvalue weighted by molar-refractivity contribution is -0.0497. The zero-order valence-electron chi connectivity index (χ0n) is 10.3. The van der Waals surface area contributed by atoms with Crippen LogP contribution in [0.25, 0.3) is 0 Å². The van der Waals surface area contributed by atoms with Gasteiger partial charge in [-0.3, -0.25) is 0 Å². The van der Waals surface area contributed by atoms with E-state index in [1.54, 1.807) is 5.51 Å². The Morgan fingerprint density at radius 2 is 2.00 bits per heavy atom. The molecule has 1 aromatic carbocycles. The normalized spacial score (nSPS) is 10.9. The van der Waals surface area contributed by atoms with Gasteiger partial charge in [0, 0.05) is 10.6 Å². The summed E-state index contributed by atoms with van der Waals surface area (Å²) in [7, 11) is 0. The first-order valence-electron chi connectivity index (χ1n) is 5.54. The molecular formula is C12H10Cl2F2N2OS. The van der Waals surface area contributed by atoms with E-state index < -0.39 is 6.61 Å². The summed E-state index contributed by atoms with van der Waals surface area (Å²) in [6.45, 7) is -0.505. The van der Waals surface area contributed by atoms with Crippen molar-refractivity contribution in [3.63, 3.8) is 0 Å². The van der Waals surface area contributed by atoms with Crippen LogP contribution in [0.4, 0.5) is 14.5 Å². The molecule has 0 aliphatic carbocycles. The molecule has 0 radical (unpaired) electrons. The van der Waals surface area contributed by atoms with Crippen molar-refractivity contribution in [1.82, 2.24) is 4.98 Å². The first-order chi connectivity index (χ1) is 9.47. The largest absolute Gasteiger partial charge is 0.432 e. The fourth-order valence-corrected chi connectivity index (χ4v) is 2.83. The van der Waals surface area contributed by atoms with Crippen LogP contribution < -0.4 is 10.1 Å². The Bertz CT molecular complexity index is 584. The van der Waals surface area contributed by atoms with Crippen LogP contribution in [0.2, 0.25) is 10.0 Å². The molecule has 1 N–H and O–H groups in total. The Morgan fingerprint density at radius 3 is 2.50 bits per heavy atom. The number of ether oxygens (including phenoxy) is 1. The highest BCUT2D eigenvalue weighted by molar-refractivity contribution is 7.09. The van der Waals surface area contributed by atoms with Crippen molar-refractivity contribution in [1.29, 1.82) is 0 Å². The zero-order chi connectivity index (χ0) is 14.7. The minimum absolute atomic E-state index is 0.0290. The summed E-state index contributed by atoms with van der Waals surface area (Å²) < 4.78 is 28.7. The minimum atomic E-state index is -2.97. The summed E-state index contributed by atoms with van der Waals surface area (Å²) in [6.07, 6.45) is 0. The molecule has 2 aromatic rings. The molecule has 2 rings (SSSR count). The van der Waals surface area contributed by atoms with Crippen LogP contribution in [0, 0.1) is 6.92 Å². The molecule has 0 aliphatic heterocycles. The maximum atomic E-state index is 12.2. The molecule has 0 unspecified atom stereocenters. The topological polar surface area (TPSA) is 34.2 Å². The number of thiazole rings is 1. The van der Waals surface area contributed by atoms with E-state index in [1.807, 2.05) is 6.92 Å². The molecule has 0 fully saturated rings. The number of anilines is 1. The van der Waals surface area contributed by atoms with Gasteiger partial charge in [-0.1, -0.05) is 23.2 Å². The summed E-state index contributed by atoms with van der Waals surface area (Å²) in [5, 5.41) is 3.17. The predicted octanol–water partition coefficient (Wildman–Crippen LogP) is 4.97. The molecule has 3 nitrogen and oxygen atoms in total. The fraction of sp³-hybridized carbons (Fsp3) is 0.250. The molecule has 0 atom stereocenters. The zero-order valence-corrected chi connectivity index (χ0v) is 12.6. The SMILES string of the molecule is Cc1ncsc1CNc1cc(Cl)c(OC(F)F)c(Cl)c1. The summed E-state index contributed by atoms with van der Waals surface area (Å²) in [6, 6.07) is 2.98. The van der Waals surface area contributed by atoms with Gasteiger partial charge in [0.25, 0.3) is 0 Å². The lowest BCUT2D eigenvalue weighted by Crippen LogP contribution is -2.04.